The molecule has 23 heavy (non-hydrogen) atoms. The second-order valence-electron chi connectivity index (χ2n) is 5.40. The Morgan fingerprint density at radius 2 is 2.00 bits per heavy atom. The number of aromatic amines is 1. The normalized spacial score (nSPS) is 10.4. The molecule has 2 rings (SSSR count). The molecule has 2 N–H and O–H groups in total. The van der Waals surface area contributed by atoms with Crippen LogP contribution >= 0.6 is 0 Å². The van der Waals surface area contributed by atoms with Crippen LogP contribution in [0.1, 0.15) is 22.5 Å². The number of benzene rings is 1. The van der Waals surface area contributed by atoms with Crippen molar-refractivity contribution in [2.45, 2.75) is 13.3 Å². The quantitative estimate of drug-likeness (QED) is 0.802. The lowest BCUT2D eigenvalue weighted by Gasteiger charge is -2.19. The van der Waals surface area contributed by atoms with E-state index in [2.05, 4.69) is 10.3 Å². The third kappa shape index (κ3) is 4.67. The lowest BCUT2D eigenvalue weighted by atomic mass is 10.2. The van der Waals surface area contributed by atoms with Crippen LogP contribution in [0.25, 0.3) is 0 Å². The number of aryl methyl sites for hydroxylation is 1. The maximum atomic E-state index is 12.9. The zero-order valence-electron chi connectivity index (χ0n) is 13.2. The van der Waals surface area contributed by atoms with Crippen LogP contribution in [0.3, 0.4) is 0 Å². The van der Waals surface area contributed by atoms with E-state index >= 15 is 0 Å². The Labute approximate surface area is 134 Å². The first-order valence-electron chi connectivity index (χ1n) is 7.41. The zero-order valence-corrected chi connectivity index (χ0v) is 13.2. The first kappa shape index (κ1) is 16.7. The van der Waals surface area contributed by atoms with Gasteiger partial charge in [0.05, 0.1) is 0 Å². The van der Waals surface area contributed by atoms with Gasteiger partial charge in [0.1, 0.15) is 11.4 Å². The molecule has 0 saturated carbocycles. The summed E-state index contributed by atoms with van der Waals surface area (Å²) in [5.74, 6) is -0.645. The maximum absolute atomic E-state index is 12.9. The number of carbonyl (C=O) groups is 1. The van der Waals surface area contributed by atoms with Gasteiger partial charge in [0.15, 0.2) is 5.43 Å². The Morgan fingerprint density at radius 1 is 1.30 bits per heavy atom. The highest BCUT2D eigenvalue weighted by molar-refractivity contribution is 5.93. The van der Waals surface area contributed by atoms with Gasteiger partial charge in [-0.25, -0.2) is 4.39 Å². The number of aromatic nitrogens is 1. The van der Waals surface area contributed by atoms with E-state index in [9.17, 15) is 14.0 Å². The van der Waals surface area contributed by atoms with Gasteiger partial charge < -0.3 is 15.2 Å². The molecule has 1 amide bonds. The molecule has 2 aromatic rings. The smallest absolute Gasteiger partial charge is 0.256 e. The predicted octanol–water partition coefficient (Wildman–Crippen LogP) is 2.08. The molecule has 0 saturated heterocycles. The molecule has 0 aliphatic carbocycles. The number of hydrogen-bond acceptors (Lipinski definition) is 3. The summed E-state index contributed by atoms with van der Waals surface area (Å²) in [4.78, 5) is 28.5. The van der Waals surface area contributed by atoms with Crippen molar-refractivity contribution in [2.24, 2.45) is 0 Å². The molecule has 0 spiro atoms. The van der Waals surface area contributed by atoms with Gasteiger partial charge in [-0.05, 0) is 37.6 Å². The Hall–Kier alpha value is -2.63. The lowest BCUT2D eigenvalue weighted by Crippen LogP contribution is -2.31. The minimum absolute atomic E-state index is 0.113. The summed E-state index contributed by atoms with van der Waals surface area (Å²) >= 11 is 0. The van der Waals surface area contributed by atoms with E-state index in [0.29, 0.717) is 25.2 Å². The number of carbonyl (C=O) groups excluding carboxylic acids is 1. The summed E-state index contributed by atoms with van der Waals surface area (Å²) < 4.78 is 12.9. The van der Waals surface area contributed by atoms with Crippen LogP contribution < -0.4 is 15.6 Å². The third-order valence-electron chi connectivity index (χ3n) is 3.53. The van der Waals surface area contributed by atoms with Gasteiger partial charge in [0, 0.05) is 43.8 Å². The van der Waals surface area contributed by atoms with Crippen molar-refractivity contribution in [1.82, 2.24) is 10.3 Å². The number of hydrogen-bond donors (Lipinski definition) is 2. The van der Waals surface area contributed by atoms with Crippen molar-refractivity contribution < 1.29 is 9.18 Å². The molecule has 1 aromatic carbocycles. The van der Waals surface area contributed by atoms with Crippen molar-refractivity contribution in [2.75, 3.05) is 25.0 Å². The number of rotatable bonds is 6. The van der Waals surface area contributed by atoms with Crippen molar-refractivity contribution in [3.63, 3.8) is 0 Å². The first-order chi connectivity index (χ1) is 11.0. The molecule has 1 heterocycles. The fourth-order valence-electron chi connectivity index (χ4n) is 2.19. The van der Waals surface area contributed by atoms with Crippen LogP contribution in [0, 0.1) is 12.7 Å². The standard InChI is InChI=1S/C17H20FN3O2/c1-12-10-16(22)15(11-20-12)17(23)19-8-3-9-21(2)14-6-4-13(18)5-7-14/h4-7,10-11H,3,8-9H2,1-2H3,(H,19,23)(H,20,22). The molecule has 122 valence electrons. The van der Waals surface area contributed by atoms with Crippen molar-refractivity contribution in [3.8, 4) is 0 Å². The van der Waals surface area contributed by atoms with E-state index < -0.39 is 0 Å². The average Bonchev–Trinajstić information content (AvgIpc) is 2.51. The van der Waals surface area contributed by atoms with Crippen LogP contribution in [-0.4, -0.2) is 31.0 Å². The van der Waals surface area contributed by atoms with Crippen LogP contribution in [-0.2, 0) is 0 Å². The van der Waals surface area contributed by atoms with E-state index in [1.54, 1.807) is 19.1 Å². The molecule has 5 nitrogen and oxygen atoms in total. The minimum atomic E-state index is -0.379. The molecular weight excluding hydrogens is 297 g/mol. The molecule has 6 heteroatoms. The summed E-state index contributed by atoms with van der Waals surface area (Å²) in [6.45, 7) is 2.92. The number of pyridine rings is 1. The Bertz CT molecular complexity index is 725. The van der Waals surface area contributed by atoms with E-state index in [-0.39, 0.29) is 22.7 Å². The van der Waals surface area contributed by atoms with Gasteiger partial charge >= 0.3 is 0 Å². The number of H-pyrrole nitrogens is 1. The summed E-state index contributed by atoms with van der Waals surface area (Å²) in [6.07, 6.45) is 2.14. The van der Waals surface area contributed by atoms with Crippen molar-refractivity contribution >= 4 is 11.6 Å². The van der Waals surface area contributed by atoms with E-state index in [0.717, 1.165) is 5.69 Å². The van der Waals surface area contributed by atoms with E-state index in [1.807, 2.05) is 11.9 Å². The third-order valence-corrected chi connectivity index (χ3v) is 3.53. The highest BCUT2D eigenvalue weighted by atomic mass is 19.1. The summed E-state index contributed by atoms with van der Waals surface area (Å²) in [5.41, 5.74) is 1.45. The largest absolute Gasteiger partial charge is 0.375 e. The molecular formula is C17H20FN3O2. The average molecular weight is 317 g/mol. The molecule has 0 fully saturated rings. The van der Waals surface area contributed by atoms with Crippen LogP contribution in [0.2, 0.25) is 0 Å². The number of anilines is 1. The Morgan fingerprint density at radius 3 is 2.65 bits per heavy atom. The SMILES string of the molecule is Cc1cc(=O)c(C(=O)NCCCN(C)c2ccc(F)cc2)c[nH]1. The maximum Gasteiger partial charge on any atom is 0.256 e. The molecule has 1 aromatic heterocycles. The topological polar surface area (TPSA) is 65.2 Å². The van der Waals surface area contributed by atoms with Gasteiger partial charge in [0.25, 0.3) is 5.91 Å². The number of nitrogens with zero attached hydrogens (tertiary/aromatic N) is 1. The Balaban J connectivity index is 1.79. The van der Waals surface area contributed by atoms with Crippen molar-refractivity contribution in [1.29, 1.82) is 0 Å². The van der Waals surface area contributed by atoms with Crippen LogP contribution in [0.15, 0.2) is 41.3 Å². The monoisotopic (exact) mass is 317 g/mol. The van der Waals surface area contributed by atoms with Gasteiger partial charge in [-0.15, -0.1) is 0 Å². The highest BCUT2D eigenvalue weighted by Crippen LogP contribution is 2.12. The number of nitrogens with one attached hydrogen (secondary N) is 2. The molecule has 0 unspecified atom stereocenters. The summed E-state index contributed by atoms with van der Waals surface area (Å²) in [7, 11) is 1.90. The summed E-state index contributed by atoms with van der Waals surface area (Å²) in [5, 5.41) is 2.73. The second-order valence-corrected chi connectivity index (χ2v) is 5.40. The Kier molecular flexibility index (Phi) is 5.51. The predicted molar refractivity (Wildman–Crippen MR) is 88.4 cm³/mol. The van der Waals surface area contributed by atoms with Crippen LogP contribution in [0.5, 0.6) is 0 Å². The minimum Gasteiger partial charge on any atom is -0.375 e. The second kappa shape index (κ2) is 7.58. The molecule has 0 aliphatic heterocycles. The zero-order chi connectivity index (χ0) is 16.8. The van der Waals surface area contributed by atoms with E-state index in [4.69, 9.17) is 0 Å². The molecule has 0 bridgehead atoms. The van der Waals surface area contributed by atoms with E-state index in [1.165, 1.54) is 24.4 Å². The molecule has 0 aliphatic rings. The van der Waals surface area contributed by atoms with Gasteiger partial charge in [0.2, 0.25) is 0 Å². The van der Waals surface area contributed by atoms with Crippen LogP contribution in [0.4, 0.5) is 10.1 Å². The fourth-order valence-corrected chi connectivity index (χ4v) is 2.19. The van der Waals surface area contributed by atoms with Crippen molar-refractivity contribution in [3.05, 3.63) is 63.8 Å². The molecule has 0 radical (unpaired) electrons. The van der Waals surface area contributed by atoms with Gasteiger partial charge in [-0.2, -0.15) is 0 Å². The number of halogens is 1. The highest BCUT2D eigenvalue weighted by Gasteiger charge is 2.09. The van der Waals surface area contributed by atoms with Gasteiger partial charge in [-0.3, -0.25) is 9.59 Å². The summed E-state index contributed by atoms with van der Waals surface area (Å²) in [6, 6.07) is 7.64. The fraction of sp³-hybridized carbons (Fsp3) is 0.294. The number of amides is 1. The molecule has 0 atom stereocenters. The lowest BCUT2D eigenvalue weighted by molar-refractivity contribution is 0.0952. The van der Waals surface area contributed by atoms with Gasteiger partial charge in [-0.1, -0.05) is 0 Å². The first-order valence-corrected chi connectivity index (χ1v) is 7.41.